The van der Waals surface area contributed by atoms with Gasteiger partial charge in [-0.15, -0.1) is 0 Å². The van der Waals surface area contributed by atoms with Crippen LogP contribution < -0.4 is 9.47 Å². The van der Waals surface area contributed by atoms with Gasteiger partial charge >= 0.3 is 0 Å². The van der Waals surface area contributed by atoms with E-state index in [4.69, 9.17) is 20.0 Å². The Bertz CT molecular complexity index is 818. The van der Waals surface area contributed by atoms with Gasteiger partial charge in [0.15, 0.2) is 17.3 Å². The van der Waals surface area contributed by atoms with Gasteiger partial charge in [-0.1, -0.05) is 0 Å². The Morgan fingerprint density at radius 3 is 2.38 bits per heavy atom. The summed E-state index contributed by atoms with van der Waals surface area (Å²) in [7, 11) is 0. The fourth-order valence-electron chi connectivity index (χ4n) is 3.67. The van der Waals surface area contributed by atoms with E-state index in [0.717, 1.165) is 25.9 Å². The Morgan fingerprint density at radius 2 is 1.72 bits per heavy atom. The molecular weight excluding hydrogens is 372 g/mol. The van der Waals surface area contributed by atoms with E-state index in [1.54, 1.807) is 18.2 Å². The maximum atomic E-state index is 12.9. The Kier molecular flexibility index (Phi) is 7.04. The molecule has 0 unspecified atom stereocenters. The first-order valence-corrected chi connectivity index (χ1v) is 9.80. The normalized spacial score (nSPS) is 16.5. The number of nitrogens with zero attached hydrogens (tertiary/aromatic N) is 4. The number of carbonyl (C=O) groups excluding carboxylic acids is 2. The van der Waals surface area contributed by atoms with Gasteiger partial charge in [-0.25, -0.2) is 0 Å². The smallest absolute Gasteiger partial charge is 0.225 e. The summed E-state index contributed by atoms with van der Waals surface area (Å²) in [6.07, 6.45) is 1.74. The molecule has 3 rings (SSSR count). The molecule has 0 radical (unpaired) electrons. The lowest BCUT2D eigenvalue weighted by atomic mass is 9.88. The molecule has 1 amide bonds. The van der Waals surface area contributed by atoms with Crippen molar-refractivity contribution in [3.05, 3.63) is 23.8 Å². The highest BCUT2D eigenvalue weighted by atomic mass is 16.6. The zero-order chi connectivity index (χ0) is 20.6. The van der Waals surface area contributed by atoms with Crippen LogP contribution in [0.3, 0.4) is 0 Å². The van der Waals surface area contributed by atoms with Crippen molar-refractivity contribution in [2.24, 2.45) is 5.92 Å². The van der Waals surface area contributed by atoms with Crippen LogP contribution in [0, 0.1) is 28.6 Å². The topological polar surface area (TPSA) is 107 Å². The van der Waals surface area contributed by atoms with Crippen LogP contribution in [0.4, 0.5) is 0 Å². The van der Waals surface area contributed by atoms with Gasteiger partial charge in [0, 0.05) is 24.4 Å². The molecular formula is C21H24N4O4. The first-order chi connectivity index (χ1) is 14.1. The zero-order valence-corrected chi connectivity index (χ0v) is 16.3. The SMILES string of the molecule is N#CCN(CC#N)C(=O)CCN1CCC(C(=O)c2ccc3c(c2)OCCO3)CC1. The lowest BCUT2D eigenvalue weighted by molar-refractivity contribution is -0.130. The Morgan fingerprint density at radius 1 is 1.07 bits per heavy atom. The molecule has 2 aliphatic heterocycles. The van der Waals surface area contributed by atoms with Crippen molar-refractivity contribution in [2.75, 3.05) is 45.9 Å². The summed E-state index contributed by atoms with van der Waals surface area (Å²) < 4.78 is 11.1. The fraction of sp³-hybridized carbons (Fsp3) is 0.524. The molecule has 0 aliphatic carbocycles. The molecule has 152 valence electrons. The average molecular weight is 396 g/mol. The van der Waals surface area contributed by atoms with E-state index in [0.29, 0.717) is 36.8 Å². The monoisotopic (exact) mass is 396 g/mol. The van der Waals surface area contributed by atoms with Gasteiger partial charge in [0.25, 0.3) is 0 Å². The zero-order valence-electron chi connectivity index (χ0n) is 16.3. The number of fused-ring (bicyclic) bond motifs is 1. The molecule has 8 nitrogen and oxygen atoms in total. The van der Waals surface area contributed by atoms with Crippen LogP contribution in [-0.4, -0.2) is 67.4 Å². The predicted molar refractivity (Wildman–Crippen MR) is 103 cm³/mol. The highest BCUT2D eigenvalue weighted by Crippen LogP contribution is 2.32. The molecule has 0 spiro atoms. The molecule has 0 atom stereocenters. The van der Waals surface area contributed by atoms with Crippen molar-refractivity contribution in [2.45, 2.75) is 19.3 Å². The van der Waals surface area contributed by atoms with Gasteiger partial charge in [0.2, 0.25) is 5.91 Å². The summed E-state index contributed by atoms with van der Waals surface area (Å²) in [4.78, 5) is 28.4. The first kappa shape index (κ1) is 20.6. The number of likely N-dealkylation sites (tertiary alicyclic amines) is 1. The largest absolute Gasteiger partial charge is 0.486 e. The van der Waals surface area contributed by atoms with Gasteiger partial charge < -0.3 is 19.3 Å². The summed E-state index contributed by atoms with van der Waals surface area (Å²) in [5, 5.41) is 17.5. The van der Waals surface area contributed by atoms with Crippen molar-refractivity contribution < 1.29 is 19.1 Å². The van der Waals surface area contributed by atoms with Crippen LogP contribution >= 0.6 is 0 Å². The van der Waals surface area contributed by atoms with Gasteiger partial charge in [0.05, 0.1) is 12.1 Å². The molecule has 0 saturated carbocycles. The number of hydrogen-bond donors (Lipinski definition) is 0. The summed E-state index contributed by atoms with van der Waals surface area (Å²) >= 11 is 0. The second-order valence-corrected chi connectivity index (χ2v) is 7.15. The highest BCUT2D eigenvalue weighted by molar-refractivity contribution is 5.98. The number of Topliss-reactive ketones (excluding diaryl/α,β-unsaturated/α-hetero) is 1. The minimum absolute atomic E-state index is 0.0433. The van der Waals surface area contributed by atoms with Crippen molar-refractivity contribution in [3.8, 4) is 23.6 Å². The molecule has 0 aromatic heterocycles. The Balaban J connectivity index is 1.48. The lowest BCUT2D eigenvalue weighted by Gasteiger charge is -2.31. The third-order valence-electron chi connectivity index (χ3n) is 5.30. The molecule has 1 saturated heterocycles. The molecule has 1 aromatic rings. The summed E-state index contributed by atoms with van der Waals surface area (Å²) in [5.74, 6) is 1.18. The molecule has 8 heteroatoms. The van der Waals surface area contributed by atoms with Crippen LogP contribution in [0.15, 0.2) is 18.2 Å². The van der Waals surface area contributed by atoms with Crippen LogP contribution in [0.1, 0.15) is 29.6 Å². The van der Waals surface area contributed by atoms with E-state index in [-0.39, 0.29) is 37.1 Å². The number of nitriles is 2. The summed E-state index contributed by atoms with van der Waals surface area (Å²) in [6, 6.07) is 9.17. The van der Waals surface area contributed by atoms with Crippen LogP contribution in [0.25, 0.3) is 0 Å². The van der Waals surface area contributed by atoms with Gasteiger partial charge in [0.1, 0.15) is 26.3 Å². The molecule has 0 N–H and O–H groups in total. The number of hydrogen-bond acceptors (Lipinski definition) is 7. The number of rotatable bonds is 7. The first-order valence-electron chi connectivity index (χ1n) is 9.80. The number of carbonyl (C=O) groups is 2. The summed E-state index contributed by atoms with van der Waals surface area (Å²) in [5.41, 5.74) is 0.645. The van der Waals surface area contributed by atoms with Crippen LogP contribution in [0.2, 0.25) is 0 Å². The minimum atomic E-state index is -0.192. The standard InChI is InChI=1S/C21H24N4O4/c22-6-11-25(12-7-23)20(26)5-10-24-8-3-16(4-9-24)21(27)17-1-2-18-19(15-17)29-14-13-28-18/h1-2,15-16H,3-5,8-14H2. The van der Waals surface area contributed by atoms with Crippen molar-refractivity contribution in [1.82, 2.24) is 9.80 Å². The third-order valence-corrected chi connectivity index (χ3v) is 5.30. The van der Waals surface area contributed by atoms with E-state index >= 15 is 0 Å². The predicted octanol–water partition coefficient (Wildman–Crippen LogP) is 1.62. The molecule has 2 aliphatic rings. The maximum absolute atomic E-state index is 12.9. The number of amides is 1. The Labute approximate surface area is 170 Å². The van der Waals surface area contributed by atoms with Crippen LogP contribution in [-0.2, 0) is 4.79 Å². The molecule has 2 heterocycles. The summed E-state index contributed by atoms with van der Waals surface area (Å²) in [6.45, 7) is 2.91. The Hall–Kier alpha value is -3.10. The number of ether oxygens (including phenoxy) is 2. The number of piperidine rings is 1. The van der Waals surface area contributed by atoms with Crippen molar-refractivity contribution in [1.29, 1.82) is 10.5 Å². The van der Waals surface area contributed by atoms with E-state index in [1.165, 1.54) is 4.90 Å². The molecule has 0 bridgehead atoms. The van der Waals surface area contributed by atoms with E-state index < -0.39 is 0 Å². The quantitative estimate of drug-likeness (QED) is 0.509. The minimum Gasteiger partial charge on any atom is -0.486 e. The second kappa shape index (κ2) is 9.90. The average Bonchev–Trinajstić information content (AvgIpc) is 2.77. The molecule has 1 aromatic carbocycles. The van der Waals surface area contributed by atoms with Gasteiger partial charge in [-0.05, 0) is 44.1 Å². The van der Waals surface area contributed by atoms with E-state index in [2.05, 4.69) is 4.90 Å². The van der Waals surface area contributed by atoms with Crippen molar-refractivity contribution in [3.63, 3.8) is 0 Å². The second-order valence-electron chi connectivity index (χ2n) is 7.15. The molecule has 29 heavy (non-hydrogen) atoms. The highest BCUT2D eigenvalue weighted by Gasteiger charge is 2.27. The van der Waals surface area contributed by atoms with E-state index in [9.17, 15) is 9.59 Å². The van der Waals surface area contributed by atoms with Gasteiger partial charge in [-0.2, -0.15) is 10.5 Å². The maximum Gasteiger partial charge on any atom is 0.225 e. The fourth-order valence-corrected chi connectivity index (χ4v) is 3.67. The van der Waals surface area contributed by atoms with Crippen molar-refractivity contribution >= 4 is 11.7 Å². The molecule has 1 fully saturated rings. The third kappa shape index (κ3) is 5.24. The number of benzene rings is 1. The van der Waals surface area contributed by atoms with Gasteiger partial charge in [-0.3, -0.25) is 9.59 Å². The van der Waals surface area contributed by atoms with Crippen LogP contribution in [0.5, 0.6) is 11.5 Å². The lowest BCUT2D eigenvalue weighted by Crippen LogP contribution is -2.39. The number of ketones is 1. The van der Waals surface area contributed by atoms with E-state index in [1.807, 2.05) is 12.1 Å².